The predicted octanol–water partition coefficient (Wildman–Crippen LogP) is 4.03. The van der Waals surface area contributed by atoms with Gasteiger partial charge in [0, 0.05) is 11.6 Å². The molecule has 0 bridgehead atoms. The fraction of sp³-hybridized carbons (Fsp3) is 0.118. The number of nitrogens with zero attached hydrogens (tertiary/aromatic N) is 3. The van der Waals surface area contributed by atoms with E-state index in [-0.39, 0.29) is 22.8 Å². The Morgan fingerprint density at radius 1 is 1.07 bits per heavy atom. The minimum Gasteiger partial charge on any atom is -0.481 e. The third kappa shape index (κ3) is 3.89. The maximum Gasteiger partial charge on any atom is 0.416 e. The molecule has 0 aliphatic carbocycles. The van der Waals surface area contributed by atoms with Crippen LogP contribution in [0.15, 0.2) is 42.9 Å². The van der Waals surface area contributed by atoms with E-state index < -0.39 is 17.6 Å². The van der Waals surface area contributed by atoms with Gasteiger partial charge in [-0.15, -0.1) is 0 Å². The Labute approximate surface area is 151 Å². The Balaban J connectivity index is 1.95. The van der Waals surface area contributed by atoms with Crippen molar-refractivity contribution in [2.24, 2.45) is 0 Å². The van der Waals surface area contributed by atoms with Gasteiger partial charge in [-0.2, -0.15) is 13.2 Å². The lowest BCUT2D eigenvalue weighted by Crippen LogP contribution is -2.07. The van der Waals surface area contributed by atoms with E-state index in [0.717, 1.165) is 18.5 Å². The molecular weight excluding hydrogens is 366 g/mol. The van der Waals surface area contributed by atoms with Gasteiger partial charge in [0.15, 0.2) is 5.82 Å². The summed E-state index contributed by atoms with van der Waals surface area (Å²) in [5.41, 5.74) is 5.20. The molecule has 3 aromatic rings. The summed E-state index contributed by atoms with van der Waals surface area (Å²) in [4.78, 5) is 11.9. The van der Waals surface area contributed by atoms with Crippen LogP contribution in [0.4, 0.5) is 34.8 Å². The standard InChI is InChI=1S/C17H13F4N5O/c1-27-13-5-3-10(7-23-13)26-16-14(22)15(24-8-25-16)11-4-2-9(6-12(11)18)17(19,20)21/h2-8H,22H2,1H3,(H,24,25,26). The lowest BCUT2D eigenvalue weighted by atomic mass is 10.1. The number of rotatable bonds is 4. The normalized spacial score (nSPS) is 11.3. The van der Waals surface area contributed by atoms with Crippen molar-refractivity contribution in [3.05, 3.63) is 54.2 Å². The highest BCUT2D eigenvalue weighted by molar-refractivity contribution is 5.82. The van der Waals surface area contributed by atoms with Crippen LogP contribution in [0.25, 0.3) is 11.3 Å². The first-order valence-corrected chi connectivity index (χ1v) is 7.54. The maximum atomic E-state index is 14.2. The number of halogens is 4. The molecule has 0 saturated carbocycles. The van der Waals surface area contributed by atoms with Gasteiger partial charge in [-0.1, -0.05) is 0 Å². The molecule has 6 nitrogen and oxygen atoms in total. The third-order valence-electron chi connectivity index (χ3n) is 3.64. The predicted molar refractivity (Wildman–Crippen MR) is 90.9 cm³/mol. The quantitative estimate of drug-likeness (QED) is 0.666. The molecule has 0 amide bonds. The Kier molecular flexibility index (Phi) is 4.80. The third-order valence-corrected chi connectivity index (χ3v) is 3.64. The molecule has 0 radical (unpaired) electrons. The van der Waals surface area contributed by atoms with Crippen molar-refractivity contribution in [3.63, 3.8) is 0 Å². The summed E-state index contributed by atoms with van der Waals surface area (Å²) < 4.78 is 57.3. The SMILES string of the molecule is COc1ccc(Nc2ncnc(-c3ccc(C(F)(F)F)cc3F)c2N)cn1. The molecule has 0 atom stereocenters. The van der Waals surface area contributed by atoms with Crippen molar-refractivity contribution in [1.29, 1.82) is 0 Å². The summed E-state index contributed by atoms with van der Waals surface area (Å²) in [5.74, 6) is -0.526. The summed E-state index contributed by atoms with van der Waals surface area (Å²) in [6, 6.07) is 5.41. The van der Waals surface area contributed by atoms with E-state index in [1.807, 2.05) is 0 Å². The van der Waals surface area contributed by atoms with E-state index in [9.17, 15) is 17.6 Å². The van der Waals surface area contributed by atoms with Crippen LogP contribution in [-0.4, -0.2) is 22.1 Å². The number of anilines is 3. The smallest absolute Gasteiger partial charge is 0.416 e. The van der Waals surface area contributed by atoms with Crippen LogP contribution in [0, 0.1) is 5.82 Å². The molecule has 10 heteroatoms. The van der Waals surface area contributed by atoms with Crippen molar-refractivity contribution >= 4 is 17.2 Å². The summed E-state index contributed by atoms with van der Waals surface area (Å²) in [6.07, 6.45) is -2.05. The molecular formula is C17H13F4N5O. The van der Waals surface area contributed by atoms with Crippen LogP contribution in [0.3, 0.4) is 0 Å². The zero-order chi connectivity index (χ0) is 19.6. The molecule has 3 rings (SSSR count). The molecule has 0 aliphatic rings. The van der Waals surface area contributed by atoms with Gasteiger partial charge in [0.2, 0.25) is 5.88 Å². The zero-order valence-electron chi connectivity index (χ0n) is 13.9. The Bertz CT molecular complexity index is 961. The van der Waals surface area contributed by atoms with Gasteiger partial charge in [-0.3, -0.25) is 0 Å². The average Bonchev–Trinajstić information content (AvgIpc) is 2.63. The number of hydrogen-bond acceptors (Lipinski definition) is 6. The van der Waals surface area contributed by atoms with Gasteiger partial charge >= 0.3 is 6.18 Å². The van der Waals surface area contributed by atoms with Crippen LogP contribution in [0.5, 0.6) is 5.88 Å². The van der Waals surface area contributed by atoms with Crippen molar-refractivity contribution in [2.45, 2.75) is 6.18 Å². The van der Waals surface area contributed by atoms with Crippen LogP contribution in [0.2, 0.25) is 0 Å². The molecule has 2 aromatic heterocycles. The van der Waals surface area contributed by atoms with Crippen molar-refractivity contribution in [3.8, 4) is 17.1 Å². The van der Waals surface area contributed by atoms with Crippen LogP contribution in [-0.2, 0) is 6.18 Å². The lowest BCUT2D eigenvalue weighted by molar-refractivity contribution is -0.137. The molecule has 140 valence electrons. The van der Waals surface area contributed by atoms with Crippen molar-refractivity contribution < 1.29 is 22.3 Å². The maximum absolute atomic E-state index is 14.2. The molecule has 0 fully saturated rings. The number of nitrogens with one attached hydrogen (secondary N) is 1. The van der Waals surface area contributed by atoms with Gasteiger partial charge < -0.3 is 15.8 Å². The van der Waals surface area contributed by atoms with E-state index in [0.29, 0.717) is 17.6 Å². The van der Waals surface area contributed by atoms with E-state index in [2.05, 4.69) is 20.3 Å². The lowest BCUT2D eigenvalue weighted by Gasteiger charge is -2.13. The van der Waals surface area contributed by atoms with E-state index in [1.54, 1.807) is 12.1 Å². The molecule has 27 heavy (non-hydrogen) atoms. The minimum atomic E-state index is -4.65. The fourth-order valence-electron chi connectivity index (χ4n) is 2.30. The summed E-state index contributed by atoms with van der Waals surface area (Å²) in [5, 5.41) is 2.89. The van der Waals surface area contributed by atoms with Crippen molar-refractivity contribution in [1.82, 2.24) is 15.0 Å². The summed E-state index contributed by atoms with van der Waals surface area (Å²) in [7, 11) is 1.47. The van der Waals surface area contributed by atoms with Gasteiger partial charge in [0.25, 0.3) is 0 Å². The second-order valence-electron chi connectivity index (χ2n) is 5.39. The van der Waals surface area contributed by atoms with Crippen molar-refractivity contribution in [2.75, 3.05) is 18.2 Å². The molecule has 1 aromatic carbocycles. The monoisotopic (exact) mass is 379 g/mol. The van der Waals surface area contributed by atoms with E-state index in [4.69, 9.17) is 10.5 Å². The molecule has 0 saturated heterocycles. The first-order valence-electron chi connectivity index (χ1n) is 7.54. The second-order valence-corrected chi connectivity index (χ2v) is 5.39. The second kappa shape index (κ2) is 7.06. The highest BCUT2D eigenvalue weighted by Crippen LogP contribution is 2.35. The number of aromatic nitrogens is 3. The highest BCUT2D eigenvalue weighted by Gasteiger charge is 2.31. The van der Waals surface area contributed by atoms with Gasteiger partial charge in [0.1, 0.15) is 23.5 Å². The first-order chi connectivity index (χ1) is 12.8. The molecule has 0 unspecified atom stereocenters. The summed E-state index contributed by atoms with van der Waals surface area (Å²) >= 11 is 0. The first kappa shape index (κ1) is 18.4. The van der Waals surface area contributed by atoms with E-state index in [1.165, 1.54) is 13.3 Å². The number of hydrogen-bond donors (Lipinski definition) is 2. The van der Waals surface area contributed by atoms with Gasteiger partial charge in [-0.05, 0) is 24.3 Å². The molecule has 2 heterocycles. The Morgan fingerprint density at radius 3 is 2.44 bits per heavy atom. The Hall–Kier alpha value is -3.43. The molecule has 0 aliphatic heterocycles. The molecule has 3 N–H and O–H groups in total. The van der Waals surface area contributed by atoms with E-state index >= 15 is 0 Å². The van der Waals surface area contributed by atoms with Gasteiger partial charge in [-0.25, -0.2) is 19.3 Å². The number of ether oxygens (including phenoxy) is 1. The Morgan fingerprint density at radius 2 is 1.85 bits per heavy atom. The van der Waals surface area contributed by atoms with Gasteiger partial charge in [0.05, 0.1) is 24.6 Å². The largest absolute Gasteiger partial charge is 0.481 e. The number of methoxy groups -OCH3 is 1. The van der Waals surface area contributed by atoms with Crippen LogP contribution < -0.4 is 15.8 Å². The minimum absolute atomic E-state index is 0.0213. The zero-order valence-corrected chi connectivity index (χ0v) is 13.9. The number of benzene rings is 1. The topological polar surface area (TPSA) is 86.0 Å². The molecule has 0 spiro atoms. The number of nitrogen functional groups attached to an aromatic ring is 1. The fourth-order valence-corrected chi connectivity index (χ4v) is 2.30. The number of nitrogens with two attached hydrogens (primary N) is 1. The number of alkyl halides is 3. The average molecular weight is 379 g/mol. The summed E-state index contributed by atoms with van der Waals surface area (Å²) in [6.45, 7) is 0. The highest BCUT2D eigenvalue weighted by atomic mass is 19.4. The van der Waals surface area contributed by atoms with Crippen LogP contribution in [0.1, 0.15) is 5.56 Å². The number of pyridine rings is 1. The van der Waals surface area contributed by atoms with Crippen LogP contribution >= 0.6 is 0 Å².